The molecular weight excluding hydrogens is 384 g/mol. The molecule has 1 aliphatic heterocycles. The van der Waals surface area contributed by atoms with Crippen molar-refractivity contribution in [1.82, 2.24) is 9.78 Å². The normalized spacial score (nSPS) is 12.8. The van der Waals surface area contributed by atoms with Crippen LogP contribution in [-0.2, 0) is 6.54 Å². The molecule has 5 heteroatoms. The average molecular weight is 406 g/mol. The molecule has 1 aromatic heterocycles. The highest BCUT2D eigenvalue weighted by Crippen LogP contribution is 2.38. The second-order valence-electron chi connectivity index (χ2n) is 7.61. The molecule has 0 atom stereocenters. The molecule has 0 bridgehead atoms. The average Bonchev–Trinajstić information content (AvgIpc) is 3.19. The summed E-state index contributed by atoms with van der Waals surface area (Å²) in [7, 11) is 0. The van der Waals surface area contributed by atoms with Gasteiger partial charge in [0.05, 0.1) is 0 Å². The number of hydrogen-bond donors (Lipinski definition) is 0. The molecule has 4 aromatic rings. The summed E-state index contributed by atoms with van der Waals surface area (Å²) in [6, 6.07) is 28.2. The first-order valence-corrected chi connectivity index (χ1v) is 10.4. The number of ether oxygens (including phenoxy) is 1. The SMILES string of the molecule is Cc1ccccc1N1CCCn2nc(-c3ccc(Oc4ccccc4)cc3)c(C#N)c21. The summed E-state index contributed by atoms with van der Waals surface area (Å²) in [6.07, 6.45) is 0.983. The van der Waals surface area contributed by atoms with E-state index < -0.39 is 0 Å². The molecule has 0 saturated carbocycles. The van der Waals surface area contributed by atoms with E-state index in [1.165, 1.54) is 5.56 Å². The molecule has 0 radical (unpaired) electrons. The zero-order chi connectivity index (χ0) is 21.2. The fourth-order valence-corrected chi connectivity index (χ4v) is 4.08. The van der Waals surface area contributed by atoms with E-state index in [1.807, 2.05) is 71.4 Å². The highest BCUT2D eigenvalue weighted by molar-refractivity contribution is 5.78. The Bertz CT molecular complexity index is 1250. The number of fused-ring (bicyclic) bond motifs is 1. The number of para-hydroxylation sites is 2. The van der Waals surface area contributed by atoms with Crippen LogP contribution >= 0.6 is 0 Å². The van der Waals surface area contributed by atoms with Crippen LogP contribution in [0.4, 0.5) is 11.5 Å². The molecule has 0 N–H and O–H groups in total. The third-order valence-electron chi connectivity index (χ3n) is 5.56. The summed E-state index contributed by atoms with van der Waals surface area (Å²) in [4.78, 5) is 2.22. The van der Waals surface area contributed by atoms with Crippen molar-refractivity contribution in [3.63, 3.8) is 0 Å². The molecule has 0 fully saturated rings. The van der Waals surface area contributed by atoms with Crippen LogP contribution in [0.2, 0.25) is 0 Å². The smallest absolute Gasteiger partial charge is 0.150 e. The van der Waals surface area contributed by atoms with Gasteiger partial charge in [-0.05, 0) is 61.4 Å². The monoisotopic (exact) mass is 406 g/mol. The Hall–Kier alpha value is -4.04. The maximum Gasteiger partial charge on any atom is 0.150 e. The van der Waals surface area contributed by atoms with E-state index in [1.54, 1.807) is 0 Å². The molecule has 5 rings (SSSR count). The lowest BCUT2D eigenvalue weighted by Gasteiger charge is -2.31. The van der Waals surface area contributed by atoms with Crippen LogP contribution in [0.3, 0.4) is 0 Å². The maximum atomic E-state index is 10.1. The fraction of sp³-hybridized carbons (Fsp3) is 0.154. The molecule has 0 unspecified atom stereocenters. The van der Waals surface area contributed by atoms with Gasteiger partial charge in [-0.3, -0.25) is 0 Å². The Kier molecular flexibility index (Phi) is 4.89. The van der Waals surface area contributed by atoms with Crippen LogP contribution in [0.15, 0.2) is 78.9 Å². The van der Waals surface area contributed by atoms with E-state index in [0.29, 0.717) is 11.3 Å². The molecular formula is C26H22N4O. The van der Waals surface area contributed by atoms with Gasteiger partial charge in [-0.15, -0.1) is 0 Å². The fourth-order valence-electron chi connectivity index (χ4n) is 4.08. The largest absolute Gasteiger partial charge is 0.457 e. The summed E-state index contributed by atoms with van der Waals surface area (Å²) >= 11 is 0. The Balaban J connectivity index is 1.51. The molecule has 0 spiro atoms. The Morgan fingerprint density at radius 3 is 2.32 bits per heavy atom. The third kappa shape index (κ3) is 3.53. The van der Waals surface area contributed by atoms with E-state index >= 15 is 0 Å². The van der Waals surface area contributed by atoms with Crippen LogP contribution in [-0.4, -0.2) is 16.3 Å². The molecule has 1 aliphatic rings. The van der Waals surface area contributed by atoms with E-state index in [2.05, 4.69) is 30.0 Å². The highest BCUT2D eigenvalue weighted by atomic mass is 16.5. The third-order valence-corrected chi connectivity index (χ3v) is 5.56. The van der Waals surface area contributed by atoms with E-state index in [9.17, 15) is 5.26 Å². The first-order chi connectivity index (χ1) is 15.2. The second-order valence-corrected chi connectivity index (χ2v) is 7.61. The van der Waals surface area contributed by atoms with Gasteiger partial charge >= 0.3 is 0 Å². The van der Waals surface area contributed by atoms with Crippen LogP contribution < -0.4 is 9.64 Å². The lowest BCUT2D eigenvalue weighted by atomic mass is 10.1. The first-order valence-electron chi connectivity index (χ1n) is 10.4. The molecule has 0 saturated heterocycles. The zero-order valence-electron chi connectivity index (χ0n) is 17.3. The first kappa shape index (κ1) is 19.0. The minimum Gasteiger partial charge on any atom is -0.457 e. The van der Waals surface area contributed by atoms with Gasteiger partial charge in [-0.2, -0.15) is 10.4 Å². The van der Waals surface area contributed by atoms with Gasteiger partial charge in [-0.25, -0.2) is 4.68 Å². The number of anilines is 2. The van der Waals surface area contributed by atoms with E-state index in [4.69, 9.17) is 9.84 Å². The minimum absolute atomic E-state index is 0.611. The zero-order valence-corrected chi connectivity index (χ0v) is 17.3. The second kappa shape index (κ2) is 8.00. The van der Waals surface area contributed by atoms with Crippen molar-refractivity contribution >= 4 is 11.5 Å². The molecule has 152 valence electrons. The van der Waals surface area contributed by atoms with Crippen LogP contribution in [0, 0.1) is 18.3 Å². The van der Waals surface area contributed by atoms with Crippen LogP contribution in [0.5, 0.6) is 11.5 Å². The highest BCUT2D eigenvalue weighted by Gasteiger charge is 2.28. The van der Waals surface area contributed by atoms with Gasteiger partial charge in [0, 0.05) is 24.3 Å². The summed E-state index contributed by atoms with van der Waals surface area (Å²) in [5, 5.41) is 14.9. The molecule has 3 aromatic carbocycles. The predicted molar refractivity (Wildman–Crippen MR) is 122 cm³/mol. The van der Waals surface area contributed by atoms with Crippen molar-refractivity contribution < 1.29 is 4.74 Å². The number of aromatic nitrogens is 2. The maximum absolute atomic E-state index is 10.1. The number of benzene rings is 3. The molecule has 2 heterocycles. The lowest BCUT2D eigenvalue weighted by Crippen LogP contribution is -2.29. The topological polar surface area (TPSA) is 54.1 Å². The molecule has 0 aliphatic carbocycles. The van der Waals surface area contributed by atoms with Gasteiger partial charge in [0.25, 0.3) is 0 Å². The van der Waals surface area contributed by atoms with Gasteiger partial charge in [0.1, 0.15) is 34.6 Å². The number of nitriles is 1. The Morgan fingerprint density at radius 2 is 1.58 bits per heavy atom. The molecule has 31 heavy (non-hydrogen) atoms. The summed E-state index contributed by atoms with van der Waals surface area (Å²) in [6.45, 7) is 3.78. The number of rotatable bonds is 4. The quantitative estimate of drug-likeness (QED) is 0.413. The van der Waals surface area contributed by atoms with Crippen LogP contribution in [0.25, 0.3) is 11.3 Å². The predicted octanol–water partition coefficient (Wildman–Crippen LogP) is 6.06. The number of aryl methyl sites for hydroxylation is 2. The molecule has 5 nitrogen and oxygen atoms in total. The number of nitrogens with zero attached hydrogens (tertiary/aromatic N) is 4. The van der Waals surface area contributed by atoms with Crippen molar-refractivity contribution in [1.29, 1.82) is 5.26 Å². The minimum atomic E-state index is 0.611. The lowest BCUT2D eigenvalue weighted by molar-refractivity contribution is 0.483. The van der Waals surface area contributed by atoms with Gasteiger partial charge < -0.3 is 9.64 Å². The summed E-state index contributed by atoms with van der Waals surface area (Å²) < 4.78 is 7.87. The Labute approximate surface area is 181 Å². The van der Waals surface area contributed by atoms with Gasteiger partial charge in [0.15, 0.2) is 0 Å². The summed E-state index contributed by atoms with van der Waals surface area (Å²) in [5.74, 6) is 2.42. The van der Waals surface area contributed by atoms with E-state index in [0.717, 1.165) is 48.1 Å². The van der Waals surface area contributed by atoms with Crippen LogP contribution in [0.1, 0.15) is 17.5 Å². The Morgan fingerprint density at radius 1 is 0.871 bits per heavy atom. The van der Waals surface area contributed by atoms with Crippen molar-refractivity contribution in [3.8, 4) is 28.8 Å². The van der Waals surface area contributed by atoms with Gasteiger partial charge in [0.2, 0.25) is 0 Å². The molecule has 0 amide bonds. The van der Waals surface area contributed by atoms with E-state index in [-0.39, 0.29) is 0 Å². The van der Waals surface area contributed by atoms with Crippen molar-refractivity contribution in [2.24, 2.45) is 0 Å². The standard InChI is InChI=1S/C26H22N4O/c1-19-8-5-6-11-24(19)29-16-7-17-30-26(29)23(18-27)25(28-30)20-12-14-22(15-13-20)31-21-9-3-2-4-10-21/h2-6,8-15H,7,16-17H2,1H3. The van der Waals surface area contributed by atoms with Crippen molar-refractivity contribution in [2.45, 2.75) is 19.9 Å². The van der Waals surface area contributed by atoms with Crippen molar-refractivity contribution in [2.75, 3.05) is 11.4 Å². The summed E-state index contributed by atoms with van der Waals surface area (Å²) in [5.41, 5.74) is 4.54. The number of hydrogen-bond acceptors (Lipinski definition) is 4. The van der Waals surface area contributed by atoms with Gasteiger partial charge in [-0.1, -0.05) is 36.4 Å². The van der Waals surface area contributed by atoms with Crippen molar-refractivity contribution in [3.05, 3.63) is 90.0 Å².